The van der Waals surface area contributed by atoms with Gasteiger partial charge in [0.15, 0.2) is 0 Å². The zero-order chi connectivity index (χ0) is 11.6. The van der Waals surface area contributed by atoms with Crippen LogP contribution < -0.4 is 0 Å². The molecule has 0 heterocycles. The van der Waals surface area contributed by atoms with Gasteiger partial charge in [-0.2, -0.15) is 0 Å². The van der Waals surface area contributed by atoms with E-state index < -0.39 is 0 Å². The summed E-state index contributed by atoms with van der Waals surface area (Å²) in [5, 5.41) is 8.47. The summed E-state index contributed by atoms with van der Waals surface area (Å²) in [5.41, 5.74) is 2.57. The molecule has 0 radical (unpaired) electrons. The van der Waals surface area contributed by atoms with Crippen molar-refractivity contribution in [2.75, 3.05) is 33.0 Å². The Kier molecular flexibility index (Phi) is 6.81. The van der Waals surface area contributed by atoms with Gasteiger partial charge in [-0.05, 0) is 18.9 Å². The van der Waals surface area contributed by atoms with Gasteiger partial charge >= 0.3 is 0 Å². The molecule has 0 spiro atoms. The number of aliphatic hydroxyl groups is 1. The highest BCUT2D eigenvalue weighted by atomic mass is 16.5. The number of benzene rings is 1. The quantitative estimate of drug-likeness (QED) is 0.681. The predicted molar refractivity (Wildman–Crippen MR) is 63.6 cm³/mol. The van der Waals surface area contributed by atoms with Gasteiger partial charge in [0.2, 0.25) is 0 Å². The van der Waals surface area contributed by atoms with Gasteiger partial charge in [0.05, 0.1) is 33.0 Å². The third-order valence-corrected chi connectivity index (χ3v) is 2.26. The van der Waals surface area contributed by atoms with Crippen molar-refractivity contribution >= 4 is 0 Å². The molecule has 0 aromatic heterocycles. The van der Waals surface area contributed by atoms with Crippen LogP contribution in [-0.2, 0) is 15.9 Å². The number of hydrogen-bond donors (Lipinski definition) is 1. The molecule has 1 rings (SSSR count). The number of ether oxygens (including phenoxy) is 2. The number of aliphatic hydroxyl groups excluding tert-OH is 1. The smallest absolute Gasteiger partial charge is 0.0701 e. The summed E-state index contributed by atoms with van der Waals surface area (Å²) in [6, 6.07) is 8.47. The Balaban J connectivity index is 2.01. The molecule has 0 aliphatic heterocycles. The lowest BCUT2D eigenvalue weighted by molar-refractivity contribution is 0.0340. The maximum Gasteiger partial charge on any atom is 0.0701 e. The van der Waals surface area contributed by atoms with Gasteiger partial charge in [-0.15, -0.1) is 0 Å². The molecule has 0 amide bonds. The van der Waals surface area contributed by atoms with Crippen LogP contribution in [-0.4, -0.2) is 38.1 Å². The first-order valence-electron chi connectivity index (χ1n) is 5.65. The SMILES string of the molecule is Cc1ccc(CCOCCOCCO)cc1. The Morgan fingerprint density at radius 3 is 2.19 bits per heavy atom. The molecule has 3 heteroatoms. The fourth-order valence-electron chi connectivity index (χ4n) is 1.33. The zero-order valence-corrected chi connectivity index (χ0v) is 9.82. The van der Waals surface area contributed by atoms with Gasteiger partial charge in [-0.25, -0.2) is 0 Å². The van der Waals surface area contributed by atoms with Crippen molar-refractivity contribution in [2.24, 2.45) is 0 Å². The third kappa shape index (κ3) is 5.85. The Bertz CT molecular complexity index is 269. The van der Waals surface area contributed by atoms with Gasteiger partial charge in [0.1, 0.15) is 0 Å². The molecule has 0 bridgehead atoms. The van der Waals surface area contributed by atoms with E-state index in [-0.39, 0.29) is 6.61 Å². The maximum atomic E-state index is 8.47. The highest BCUT2D eigenvalue weighted by Gasteiger charge is 1.93. The number of hydrogen-bond acceptors (Lipinski definition) is 3. The number of aryl methyl sites for hydroxylation is 1. The second-order valence-corrected chi connectivity index (χ2v) is 3.68. The lowest BCUT2D eigenvalue weighted by atomic mass is 10.1. The minimum atomic E-state index is 0.0728. The summed E-state index contributed by atoms with van der Waals surface area (Å²) in [5.74, 6) is 0. The van der Waals surface area contributed by atoms with Crippen LogP contribution >= 0.6 is 0 Å². The molecule has 0 fully saturated rings. The van der Waals surface area contributed by atoms with Gasteiger partial charge in [0.25, 0.3) is 0 Å². The molecule has 0 atom stereocenters. The van der Waals surface area contributed by atoms with E-state index in [9.17, 15) is 0 Å². The Hall–Kier alpha value is -0.900. The lowest BCUT2D eigenvalue weighted by Gasteiger charge is -2.05. The standard InChI is InChI=1S/C13H20O3/c1-12-2-4-13(5-3-12)6-8-15-10-11-16-9-7-14/h2-5,14H,6-11H2,1H3. The number of rotatable bonds is 8. The molecule has 0 unspecified atom stereocenters. The van der Waals surface area contributed by atoms with E-state index in [2.05, 4.69) is 31.2 Å². The zero-order valence-electron chi connectivity index (χ0n) is 9.82. The van der Waals surface area contributed by atoms with Crippen molar-refractivity contribution < 1.29 is 14.6 Å². The molecule has 0 aliphatic rings. The van der Waals surface area contributed by atoms with Crippen LogP contribution in [0.2, 0.25) is 0 Å². The molecular formula is C13H20O3. The summed E-state index contributed by atoms with van der Waals surface area (Å²) in [6.45, 7) is 4.40. The Morgan fingerprint density at radius 2 is 1.56 bits per heavy atom. The van der Waals surface area contributed by atoms with E-state index in [0.29, 0.717) is 26.4 Å². The van der Waals surface area contributed by atoms with Crippen molar-refractivity contribution in [3.63, 3.8) is 0 Å². The van der Waals surface area contributed by atoms with E-state index in [1.807, 2.05) is 0 Å². The molecule has 1 aromatic rings. The fourth-order valence-corrected chi connectivity index (χ4v) is 1.33. The molecule has 1 N–H and O–H groups in total. The van der Waals surface area contributed by atoms with Crippen LogP contribution in [0.1, 0.15) is 11.1 Å². The molecular weight excluding hydrogens is 204 g/mol. The van der Waals surface area contributed by atoms with Crippen LogP contribution in [0, 0.1) is 6.92 Å². The van der Waals surface area contributed by atoms with Crippen molar-refractivity contribution in [3.05, 3.63) is 35.4 Å². The van der Waals surface area contributed by atoms with Crippen LogP contribution in [0.5, 0.6) is 0 Å². The van der Waals surface area contributed by atoms with Gasteiger partial charge < -0.3 is 14.6 Å². The van der Waals surface area contributed by atoms with Crippen LogP contribution in [0.25, 0.3) is 0 Å². The average molecular weight is 224 g/mol. The van der Waals surface area contributed by atoms with Crippen LogP contribution in [0.15, 0.2) is 24.3 Å². The van der Waals surface area contributed by atoms with Gasteiger partial charge in [-0.3, -0.25) is 0 Å². The van der Waals surface area contributed by atoms with Crippen LogP contribution in [0.4, 0.5) is 0 Å². The normalized spacial score (nSPS) is 10.6. The maximum absolute atomic E-state index is 8.47. The summed E-state index contributed by atoms with van der Waals surface area (Å²) in [6.07, 6.45) is 0.931. The minimum Gasteiger partial charge on any atom is -0.394 e. The Labute approximate surface area is 97.0 Å². The summed E-state index contributed by atoms with van der Waals surface area (Å²) in [4.78, 5) is 0. The minimum absolute atomic E-state index is 0.0728. The second kappa shape index (κ2) is 8.28. The third-order valence-electron chi connectivity index (χ3n) is 2.26. The largest absolute Gasteiger partial charge is 0.394 e. The lowest BCUT2D eigenvalue weighted by Crippen LogP contribution is -2.08. The highest BCUT2D eigenvalue weighted by molar-refractivity contribution is 5.21. The van der Waals surface area contributed by atoms with E-state index in [4.69, 9.17) is 14.6 Å². The van der Waals surface area contributed by atoms with E-state index >= 15 is 0 Å². The molecule has 90 valence electrons. The molecule has 0 saturated carbocycles. The molecule has 16 heavy (non-hydrogen) atoms. The Morgan fingerprint density at radius 1 is 0.938 bits per heavy atom. The van der Waals surface area contributed by atoms with Gasteiger partial charge in [-0.1, -0.05) is 29.8 Å². The van der Waals surface area contributed by atoms with Gasteiger partial charge in [0, 0.05) is 0 Å². The first-order chi connectivity index (χ1) is 7.83. The second-order valence-electron chi connectivity index (χ2n) is 3.68. The summed E-state index contributed by atoms with van der Waals surface area (Å²) in [7, 11) is 0. The first kappa shape index (κ1) is 13.2. The van der Waals surface area contributed by atoms with E-state index in [0.717, 1.165) is 6.42 Å². The van der Waals surface area contributed by atoms with E-state index in [1.54, 1.807) is 0 Å². The molecule has 0 saturated heterocycles. The van der Waals surface area contributed by atoms with Crippen LogP contribution in [0.3, 0.4) is 0 Å². The topological polar surface area (TPSA) is 38.7 Å². The van der Waals surface area contributed by atoms with Crippen molar-refractivity contribution in [1.29, 1.82) is 0 Å². The first-order valence-corrected chi connectivity index (χ1v) is 5.65. The predicted octanol–water partition coefficient (Wildman–Crippen LogP) is 1.56. The van der Waals surface area contributed by atoms with E-state index in [1.165, 1.54) is 11.1 Å². The summed E-state index contributed by atoms with van der Waals surface area (Å²) >= 11 is 0. The average Bonchev–Trinajstić information content (AvgIpc) is 2.30. The molecule has 1 aromatic carbocycles. The van der Waals surface area contributed by atoms with Crippen molar-refractivity contribution in [1.82, 2.24) is 0 Å². The monoisotopic (exact) mass is 224 g/mol. The summed E-state index contributed by atoms with van der Waals surface area (Å²) < 4.78 is 10.5. The fraction of sp³-hybridized carbons (Fsp3) is 0.538. The highest BCUT2D eigenvalue weighted by Crippen LogP contribution is 2.03. The van der Waals surface area contributed by atoms with Crippen molar-refractivity contribution in [2.45, 2.75) is 13.3 Å². The molecule has 0 aliphatic carbocycles. The molecule has 3 nitrogen and oxygen atoms in total. The van der Waals surface area contributed by atoms with Crippen molar-refractivity contribution in [3.8, 4) is 0 Å².